The van der Waals surface area contributed by atoms with Crippen LogP contribution in [0.5, 0.6) is 5.75 Å². The first-order valence-corrected chi connectivity index (χ1v) is 9.27. The average molecular weight is 403 g/mol. The van der Waals surface area contributed by atoms with Crippen molar-refractivity contribution in [1.82, 2.24) is 19.6 Å². The van der Waals surface area contributed by atoms with E-state index in [4.69, 9.17) is 22.1 Å². The zero-order valence-corrected chi connectivity index (χ0v) is 17.1. The summed E-state index contributed by atoms with van der Waals surface area (Å²) in [4.78, 5) is 21.3. The van der Waals surface area contributed by atoms with E-state index in [-0.39, 0.29) is 18.9 Å². The molecule has 0 fully saturated rings. The number of hydrogen-bond donors (Lipinski definition) is 2. The van der Waals surface area contributed by atoms with Crippen LogP contribution in [-0.4, -0.2) is 32.6 Å². The fourth-order valence-electron chi connectivity index (χ4n) is 3.08. The molecule has 0 bridgehead atoms. The highest BCUT2D eigenvalue weighted by Crippen LogP contribution is 2.31. The molecule has 8 nitrogen and oxygen atoms in total. The monoisotopic (exact) mass is 402 g/mol. The summed E-state index contributed by atoms with van der Waals surface area (Å²) < 4.78 is 6.98. The Bertz CT molecular complexity index is 1050. The zero-order chi connectivity index (χ0) is 20.4. The van der Waals surface area contributed by atoms with Gasteiger partial charge in [-0.3, -0.25) is 4.79 Å². The lowest BCUT2D eigenvalue weighted by Crippen LogP contribution is -2.15. The summed E-state index contributed by atoms with van der Waals surface area (Å²) in [5.41, 5.74) is 9.78. The Morgan fingerprint density at radius 3 is 2.71 bits per heavy atom. The summed E-state index contributed by atoms with van der Waals surface area (Å²) >= 11 is 6.12. The number of methoxy groups -OCH3 is 1. The standard InChI is InChI=1S/C19H23ClN6O2/c1-10-7-15(16(28-4)8-14(10)20)23-18(27)6-5-13-11(2)22-19-24-17(9-21)25-26(19)12(13)3/h7-8H,5-6,9,21H2,1-4H3,(H,23,27). The van der Waals surface area contributed by atoms with Crippen LogP contribution >= 0.6 is 11.6 Å². The van der Waals surface area contributed by atoms with E-state index < -0.39 is 0 Å². The molecule has 1 aromatic carbocycles. The third-order valence-corrected chi connectivity index (χ3v) is 5.04. The van der Waals surface area contributed by atoms with Crippen molar-refractivity contribution >= 4 is 29.0 Å². The van der Waals surface area contributed by atoms with Gasteiger partial charge in [0.05, 0.1) is 19.3 Å². The van der Waals surface area contributed by atoms with E-state index in [9.17, 15) is 4.79 Å². The number of aromatic nitrogens is 4. The summed E-state index contributed by atoms with van der Waals surface area (Å²) in [5, 5.41) is 7.84. The van der Waals surface area contributed by atoms with E-state index in [2.05, 4.69) is 20.4 Å². The SMILES string of the molecule is COc1cc(Cl)c(C)cc1NC(=O)CCc1c(C)nc2nc(CN)nn2c1C. The Kier molecular flexibility index (Phi) is 5.81. The Balaban J connectivity index is 1.77. The second-order valence-corrected chi connectivity index (χ2v) is 6.96. The van der Waals surface area contributed by atoms with Gasteiger partial charge in [-0.15, -0.1) is 5.10 Å². The molecule has 0 saturated carbocycles. The number of fused-ring (bicyclic) bond motifs is 1. The normalized spacial score (nSPS) is 11.1. The van der Waals surface area contributed by atoms with Gasteiger partial charge < -0.3 is 15.8 Å². The van der Waals surface area contributed by atoms with Gasteiger partial charge in [-0.2, -0.15) is 4.98 Å². The number of nitrogens with two attached hydrogens (primary N) is 1. The number of nitrogens with one attached hydrogen (secondary N) is 1. The maximum atomic E-state index is 12.5. The van der Waals surface area contributed by atoms with Crippen LogP contribution in [0, 0.1) is 20.8 Å². The van der Waals surface area contributed by atoms with Crippen molar-refractivity contribution in [3.63, 3.8) is 0 Å². The lowest BCUT2D eigenvalue weighted by molar-refractivity contribution is -0.116. The topological polar surface area (TPSA) is 107 Å². The highest BCUT2D eigenvalue weighted by Gasteiger charge is 2.15. The summed E-state index contributed by atoms with van der Waals surface area (Å²) in [6, 6.07) is 3.49. The Labute approximate surface area is 168 Å². The predicted molar refractivity (Wildman–Crippen MR) is 108 cm³/mol. The number of carbonyl (C=O) groups is 1. The molecule has 148 valence electrons. The molecule has 0 spiro atoms. The minimum absolute atomic E-state index is 0.125. The Morgan fingerprint density at radius 1 is 1.29 bits per heavy atom. The molecule has 3 N–H and O–H groups in total. The first kappa shape index (κ1) is 20.0. The Morgan fingerprint density at radius 2 is 2.04 bits per heavy atom. The average Bonchev–Trinajstić information content (AvgIpc) is 3.07. The summed E-state index contributed by atoms with van der Waals surface area (Å²) in [7, 11) is 1.54. The van der Waals surface area contributed by atoms with Gasteiger partial charge in [-0.05, 0) is 44.4 Å². The summed E-state index contributed by atoms with van der Waals surface area (Å²) in [6.07, 6.45) is 0.817. The van der Waals surface area contributed by atoms with Crippen LogP contribution in [0.25, 0.3) is 5.78 Å². The van der Waals surface area contributed by atoms with Crippen LogP contribution in [0.15, 0.2) is 12.1 Å². The first-order chi connectivity index (χ1) is 13.3. The van der Waals surface area contributed by atoms with Gasteiger partial charge in [0.1, 0.15) is 5.75 Å². The van der Waals surface area contributed by atoms with Crippen molar-refractivity contribution in [3.8, 4) is 5.75 Å². The minimum atomic E-state index is -0.125. The van der Waals surface area contributed by atoms with E-state index in [1.165, 1.54) is 7.11 Å². The fourth-order valence-corrected chi connectivity index (χ4v) is 3.23. The van der Waals surface area contributed by atoms with Crippen LogP contribution < -0.4 is 15.8 Å². The molecule has 0 aliphatic carbocycles. The molecule has 0 saturated heterocycles. The van der Waals surface area contributed by atoms with Crippen LogP contribution in [-0.2, 0) is 17.8 Å². The van der Waals surface area contributed by atoms with Crippen molar-refractivity contribution in [1.29, 1.82) is 0 Å². The first-order valence-electron chi connectivity index (χ1n) is 8.89. The third-order valence-electron chi connectivity index (χ3n) is 4.63. The molecule has 2 heterocycles. The third kappa shape index (κ3) is 3.93. The number of amides is 1. The molecule has 0 aliphatic rings. The van der Waals surface area contributed by atoms with Crippen LogP contribution in [0.1, 0.15) is 34.8 Å². The number of anilines is 1. The van der Waals surface area contributed by atoms with Crippen molar-refractivity contribution in [2.75, 3.05) is 12.4 Å². The van der Waals surface area contributed by atoms with E-state index in [0.29, 0.717) is 34.5 Å². The van der Waals surface area contributed by atoms with Gasteiger partial charge in [0, 0.05) is 28.9 Å². The molecule has 0 aliphatic heterocycles. The molecule has 28 heavy (non-hydrogen) atoms. The molecule has 3 rings (SSSR count). The number of benzene rings is 1. The van der Waals surface area contributed by atoms with Gasteiger partial charge in [-0.1, -0.05) is 11.6 Å². The molecule has 0 atom stereocenters. The van der Waals surface area contributed by atoms with Crippen molar-refractivity contribution in [3.05, 3.63) is 45.5 Å². The number of halogens is 1. The second-order valence-electron chi connectivity index (χ2n) is 6.55. The minimum Gasteiger partial charge on any atom is -0.495 e. The number of aryl methyl sites for hydroxylation is 3. The molecule has 2 aromatic heterocycles. The molecule has 0 unspecified atom stereocenters. The molecular formula is C19H23ClN6O2. The highest BCUT2D eigenvalue weighted by atomic mass is 35.5. The fraction of sp³-hybridized carbons (Fsp3) is 0.368. The van der Waals surface area contributed by atoms with Crippen molar-refractivity contribution < 1.29 is 9.53 Å². The summed E-state index contributed by atoms with van der Waals surface area (Å²) in [5.74, 6) is 1.46. The van der Waals surface area contributed by atoms with Gasteiger partial charge in [0.15, 0.2) is 5.82 Å². The number of rotatable bonds is 6. The van der Waals surface area contributed by atoms with Crippen molar-refractivity contribution in [2.45, 2.75) is 40.2 Å². The number of carbonyl (C=O) groups excluding carboxylic acids is 1. The van der Waals surface area contributed by atoms with Gasteiger partial charge in [0.25, 0.3) is 5.78 Å². The van der Waals surface area contributed by atoms with Crippen LogP contribution in [0.2, 0.25) is 5.02 Å². The van der Waals surface area contributed by atoms with E-state index in [1.807, 2.05) is 20.8 Å². The van der Waals surface area contributed by atoms with Crippen LogP contribution in [0.4, 0.5) is 5.69 Å². The molecule has 9 heteroatoms. The molecule has 1 amide bonds. The van der Waals surface area contributed by atoms with E-state index in [0.717, 1.165) is 22.5 Å². The molecule has 0 radical (unpaired) electrons. The van der Waals surface area contributed by atoms with Gasteiger partial charge in [-0.25, -0.2) is 9.50 Å². The van der Waals surface area contributed by atoms with Crippen molar-refractivity contribution in [2.24, 2.45) is 5.73 Å². The second kappa shape index (κ2) is 8.12. The number of nitrogens with zero attached hydrogens (tertiary/aromatic N) is 4. The molecular weight excluding hydrogens is 380 g/mol. The largest absolute Gasteiger partial charge is 0.495 e. The molecule has 3 aromatic rings. The summed E-state index contributed by atoms with van der Waals surface area (Å²) in [6.45, 7) is 5.97. The lowest BCUT2D eigenvalue weighted by atomic mass is 10.1. The number of hydrogen-bond acceptors (Lipinski definition) is 6. The maximum Gasteiger partial charge on any atom is 0.252 e. The lowest BCUT2D eigenvalue weighted by Gasteiger charge is -2.13. The smallest absolute Gasteiger partial charge is 0.252 e. The predicted octanol–water partition coefficient (Wildman–Crippen LogP) is 2.74. The number of ether oxygens (including phenoxy) is 1. The maximum absolute atomic E-state index is 12.5. The van der Waals surface area contributed by atoms with Gasteiger partial charge >= 0.3 is 0 Å². The Hall–Kier alpha value is -2.71. The van der Waals surface area contributed by atoms with E-state index >= 15 is 0 Å². The van der Waals surface area contributed by atoms with Gasteiger partial charge in [0.2, 0.25) is 5.91 Å². The van der Waals surface area contributed by atoms with E-state index in [1.54, 1.807) is 16.6 Å². The quantitative estimate of drug-likeness (QED) is 0.656. The zero-order valence-electron chi connectivity index (χ0n) is 16.3. The highest BCUT2D eigenvalue weighted by molar-refractivity contribution is 6.31. The van der Waals surface area contributed by atoms with Crippen LogP contribution in [0.3, 0.4) is 0 Å².